The summed E-state index contributed by atoms with van der Waals surface area (Å²) >= 11 is 6.90. The number of hydrogen-bond acceptors (Lipinski definition) is 9. The van der Waals surface area contributed by atoms with Gasteiger partial charge in [0.25, 0.3) is 0 Å². The Balaban J connectivity index is 1.38. The highest BCUT2D eigenvalue weighted by Gasteiger charge is 2.35. The average Bonchev–Trinajstić information content (AvgIpc) is 3.28. The lowest BCUT2D eigenvalue weighted by molar-refractivity contribution is -0.136. The minimum Gasteiger partial charge on any atom is -0.367 e. The number of nitrogens with zero attached hydrogens (tertiary/aromatic N) is 8. The monoisotopic (exact) mass is 518 g/mol. The van der Waals surface area contributed by atoms with Gasteiger partial charge in [-0.15, -0.1) is 5.10 Å². The molecule has 1 amide bonds. The van der Waals surface area contributed by atoms with E-state index in [4.69, 9.17) is 11.6 Å². The molecule has 0 aliphatic carbocycles. The zero-order valence-electron chi connectivity index (χ0n) is 20.7. The quantitative estimate of drug-likeness (QED) is 0.503. The number of piperidine rings is 1. The van der Waals surface area contributed by atoms with Gasteiger partial charge in [-0.2, -0.15) is 20.0 Å². The number of rotatable bonds is 6. The van der Waals surface area contributed by atoms with E-state index in [2.05, 4.69) is 42.7 Å². The number of carbonyl (C=O) groups is 1. The Labute approximate surface area is 219 Å². The van der Waals surface area contributed by atoms with Crippen LogP contribution in [0.1, 0.15) is 49.4 Å². The fourth-order valence-corrected chi connectivity index (χ4v) is 5.35. The lowest BCUT2D eigenvalue weighted by Gasteiger charge is -2.47. The van der Waals surface area contributed by atoms with E-state index in [1.165, 1.54) is 10.7 Å². The van der Waals surface area contributed by atoms with Crippen LogP contribution in [0.3, 0.4) is 0 Å². The molecule has 2 aliphatic heterocycles. The lowest BCUT2D eigenvalue weighted by atomic mass is 9.87. The van der Waals surface area contributed by atoms with E-state index >= 15 is 0 Å². The second kappa shape index (κ2) is 10.2. The topological polar surface area (TPSA) is 138 Å². The predicted octanol–water partition coefficient (Wildman–Crippen LogP) is 3.11. The van der Waals surface area contributed by atoms with Crippen LogP contribution in [0.5, 0.6) is 0 Å². The number of nitrogens with one attached hydrogen (secondary N) is 2. The van der Waals surface area contributed by atoms with Crippen LogP contribution >= 0.6 is 11.6 Å². The molecule has 0 saturated carbocycles. The molecule has 11 nitrogen and oxygen atoms in total. The molecular formula is C25H27ClN10O. The van der Waals surface area contributed by atoms with Crippen molar-refractivity contribution in [3.05, 3.63) is 40.2 Å². The summed E-state index contributed by atoms with van der Waals surface area (Å²) in [4.78, 5) is 24.6. The van der Waals surface area contributed by atoms with Crippen molar-refractivity contribution < 1.29 is 4.79 Å². The fraction of sp³-hybridized carbons (Fsp3) is 0.440. The summed E-state index contributed by atoms with van der Waals surface area (Å²) in [7, 11) is 0. The molecule has 2 N–H and O–H groups in total. The van der Waals surface area contributed by atoms with Gasteiger partial charge < -0.3 is 15.5 Å². The Hall–Kier alpha value is -3.93. The highest BCUT2D eigenvalue weighted by atomic mass is 35.5. The zero-order chi connectivity index (χ0) is 26.1. The van der Waals surface area contributed by atoms with E-state index in [1.807, 2.05) is 17.9 Å². The number of anilines is 3. The first-order valence-corrected chi connectivity index (χ1v) is 12.7. The Morgan fingerprint density at radius 1 is 1.22 bits per heavy atom. The van der Waals surface area contributed by atoms with E-state index in [9.17, 15) is 15.3 Å². The average molecular weight is 519 g/mol. The summed E-state index contributed by atoms with van der Waals surface area (Å²) in [5.74, 6) is 1.06. The van der Waals surface area contributed by atoms with Gasteiger partial charge >= 0.3 is 0 Å². The van der Waals surface area contributed by atoms with Crippen LogP contribution in [-0.4, -0.2) is 74.1 Å². The Morgan fingerprint density at radius 2 is 1.97 bits per heavy atom. The first-order chi connectivity index (χ1) is 17.9. The Kier molecular flexibility index (Phi) is 6.83. The van der Waals surface area contributed by atoms with Crippen LogP contribution in [0.25, 0.3) is 5.65 Å². The molecule has 1 aromatic carbocycles. The maximum atomic E-state index is 11.5. The molecule has 0 spiro atoms. The van der Waals surface area contributed by atoms with Gasteiger partial charge in [-0.05, 0) is 56.5 Å². The van der Waals surface area contributed by atoms with Crippen molar-refractivity contribution in [2.45, 2.75) is 38.6 Å². The Morgan fingerprint density at radius 3 is 2.62 bits per heavy atom. The maximum absolute atomic E-state index is 11.5. The number of fused-ring (bicyclic) bond motifs is 1. The molecule has 5 rings (SSSR count). The summed E-state index contributed by atoms with van der Waals surface area (Å²) in [6, 6.07) is 8.29. The van der Waals surface area contributed by atoms with E-state index in [1.54, 1.807) is 13.0 Å². The van der Waals surface area contributed by atoms with E-state index < -0.39 is 0 Å². The molecule has 12 heteroatoms. The zero-order valence-corrected chi connectivity index (χ0v) is 21.5. The van der Waals surface area contributed by atoms with Crippen molar-refractivity contribution in [3.8, 4) is 12.1 Å². The van der Waals surface area contributed by atoms with Gasteiger partial charge in [-0.3, -0.25) is 9.69 Å². The molecule has 190 valence electrons. The molecule has 0 radical (unpaired) electrons. The third-order valence-corrected chi connectivity index (χ3v) is 7.51. The fourth-order valence-electron chi connectivity index (χ4n) is 5.04. The molecule has 2 aliphatic rings. The molecule has 4 heterocycles. The van der Waals surface area contributed by atoms with Gasteiger partial charge in [0.05, 0.1) is 28.5 Å². The van der Waals surface area contributed by atoms with E-state index in [0.717, 1.165) is 44.6 Å². The van der Waals surface area contributed by atoms with Gasteiger partial charge in [-0.1, -0.05) is 11.6 Å². The largest absolute Gasteiger partial charge is 0.367 e. The van der Waals surface area contributed by atoms with Crippen LogP contribution in [0.4, 0.5) is 17.5 Å². The number of carbonyl (C=O) groups excluding carboxylic acids is 1. The third-order valence-electron chi connectivity index (χ3n) is 7.09. The number of halogens is 1. The number of amides is 1. The third kappa shape index (κ3) is 4.76. The molecule has 2 fully saturated rings. The highest BCUT2D eigenvalue weighted by molar-refractivity contribution is 6.34. The minimum absolute atomic E-state index is 0.129. The minimum atomic E-state index is 0.129. The molecule has 0 atom stereocenters. The van der Waals surface area contributed by atoms with Crippen LogP contribution < -0.4 is 10.6 Å². The highest BCUT2D eigenvalue weighted by Crippen LogP contribution is 2.39. The summed E-state index contributed by atoms with van der Waals surface area (Å²) in [5.41, 5.74) is 2.69. The van der Waals surface area contributed by atoms with Crippen molar-refractivity contribution in [3.63, 3.8) is 0 Å². The molecular weight excluding hydrogens is 492 g/mol. The second-order valence-electron chi connectivity index (χ2n) is 9.36. The normalized spacial score (nSPS) is 16.7. The van der Waals surface area contributed by atoms with Crippen LogP contribution in [-0.2, 0) is 4.79 Å². The molecule has 2 aromatic heterocycles. The summed E-state index contributed by atoms with van der Waals surface area (Å²) < 4.78 is 1.43. The first kappa shape index (κ1) is 24.8. The number of nitriles is 2. The maximum Gasteiger partial charge on any atom is 0.247 e. The van der Waals surface area contributed by atoms with E-state index in [-0.39, 0.29) is 23.5 Å². The van der Waals surface area contributed by atoms with Crippen molar-refractivity contribution in [2.75, 3.05) is 43.4 Å². The molecule has 2 saturated heterocycles. The van der Waals surface area contributed by atoms with Crippen molar-refractivity contribution in [1.29, 1.82) is 10.5 Å². The van der Waals surface area contributed by atoms with Gasteiger partial charge in [0.1, 0.15) is 6.07 Å². The summed E-state index contributed by atoms with van der Waals surface area (Å²) in [6.45, 7) is 7.59. The molecule has 37 heavy (non-hydrogen) atoms. The number of imidazole rings is 1. The number of benzene rings is 1. The molecule has 3 aromatic rings. The molecule has 0 unspecified atom stereocenters. The predicted molar refractivity (Wildman–Crippen MR) is 139 cm³/mol. The smallest absolute Gasteiger partial charge is 0.247 e. The van der Waals surface area contributed by atoms with Gasteiger partial charge in [0.15, 0.2) is 17.2 Å². The van der Waals surface area contributed by atoms with Crippen LogP contribution in [0, 0.1) is 22.7 Å². The SMILES string of the molecule is CCNc1nc(Nc2cc(C#N)cc(C3CCN(C4CN(C(C)=O)C4)CC3)c2Cl)nn2c(C#N)cnc12. The number of aromatic nitrogens is 4. The van der Waals surface area contributed by atoms with Crippen LogP contribution in [0.2, 0.25) is 5.02 Å². The molecule has 0 bridgehead atoms. The number of hydrogen-bond donors (Lipinski definition) is 2. The van der Waals surface area contributed by atoms with Gasteiger partial charge in [-0.25, -0.2) is 4.98 Å². The van der Waals surface area contributed by atoms with Crippen molar-refractivity contribution in [2.24, 2.45) is 0 Å². The van der Waals surface area contributed by atoms with Crippen molar-refractivity contribution >= 4 is 40.6 Å². The van der Waals surface area contributed by atoms with Crippen LogP contribution in [0.15, 0.2) is 18.3 Å². The standard InChI is InChI=1S/C25H27ClN10O/c1-3-29-23-24-30-12-18(11-28)36(24)33-25(32-23)31-21-9-16(10-27)8-20(22(21)26)17-4-6-34(7-5-17)19-13-35(14-19)15(2)37/h8-9,12,17,19H,3-7,13-14H2,1-2H3,(H2,29,31,32,33). The van der Waals surface area contributed by atoms with E-state index in [0.29, 0.717) is 40.3 Å². The lowest BCUT2D eigenvalue weighted by Crippen LogP contribution is -2.61. The number of likely N-dealkylation sites (tertiary alicyclic amines) is 2. The Bertz CT molecular complexity index is 1420. The van der Waals surface area contributed by atoms with Gasteiger partial charge in [0, 0.05) is 32.6 Å². The summed E-state index contributed by atoms with van der Waals surface area (Å²) in [6.07, 6.45) is 3.28. The summed E-state index contributed by atoms with van der Waals surface area (Å²) in [5, 5.41) is 30.4. The second-order valence-corrected chi connectivity index (χ2v) is 9.73. The first-order valence-electron chi connectivity index (χ1n) is 12.3. The van der Waals surface area contributed by atoms with Crippen molar-refractivity contribution in [1.82, 2.24) is 29.4 Å². The van der Waals surface area contributed by atoms with Gasteiger partial charge in [0.2, 0.25) is 11.9 Å².